The summed E-state index contributed by atoms with van der Waals surface area (Å²) < 4.78 is 33.5. The molecule has 1 amide bonds. The maximum Gasteiger partial charge on any atom is 0.222 e. The van der Waals surface area contributed by atoms with Gasteiger partial charge >= 0.3 is 0 Å². The number of amides is 1. The number of carbonyl (C=O) groups is 1. The third kappa shape index (κ3) is 7.53. The highest BCUT2D eigenvalue weighted by atomic mass is 32.2. The second-order valence-corrected chi connectivity index (χ2v) is 13.2. The number of nitrogens with zero attached hydrogens (tertiary/aromatic N) is 4. The van der Waals surface area contributed by atoms with Gasteiger partial charge in [-0.15, -0.1) is 0 Å². The van der Waals surface area contributed by atoms with Crippen molar-refractivity contribution in [1.82, 2.24) is 14.3 Å². The van der Waals surface area contributed by atoms with Crippen molar-refractivity contribution < 1.29 is 18.1 Å². The molecule has 2 unspecified atom stereocenters. The van der Waals surface area contributed by atoms with Gasteiger partial charge < -0.3 is 10.1 Å². The molecule has 0 bridgehead atoms. The summed E-state index contributed by atoms with van der Waals surface area (Å²) in [5, 5.41) is 7.93. The molecular weight excluding hydrogens is 561 g/mol. The highest BCUT2D eigenvalue weighted by Gasteiger charge is 2.28. The molecule has 0 saturated carbocycles. The number of hydrazone groups is 1. The number of nitrogens with one attached hydrogen (secondary N) is 1. The number of morpholine rings is 1. The lowest BCUT2D eigenvalue weighted by molar-refractivity contribution is -0.114. The van der Waals surface area contributed by atoms with E-state index in [1.807, 2.05) is 36.4 Å². The average Bonchev–Trinajstić information content (AvgIpc) is 3.32. The minimum Gasteiger partial charge on any atom is -0.379 e. The lowest BCUT2D eigenvalue weighted by Gasteiger charge is -2.27. The number of hydrogen-bond acceptors (Lipinski definition) is 7. The van der Waals surface area contributed by atoms with E-state index in [-0.39, 0.29) is 11.7 Å². The summed E-state index contributed by atoms with van der Waals surface area (Å²) in [7, 11) is -1.48. The molecule has 0 spiro atoms. The van der Waals surface area contributed by atoms with E-state index < -0.39 is 21.5 Å². The summed E-state index contributed by atoms with van der Waals surface area (Å²) in [5.74, 6) is 0.844. The van der Waals surface area contributed by atoms with Crippen LogP contribution >= 0.6 is 10.7 Å². The van der Waals surface area contributed by atoms with Crippen molar-refractivity contribution in [3.05, 3.63) is 89.4 Å². The van der Waals surface area contributed by atoms with Crippen LogP contribution in [0, 0.1) is 5.82 Å². The summed E-state index contributed by atoms with van der Waals surface area (Å²) in [6.45, 7) is 6.37. The summed E-state index contributed by atoms with van der Waals surface area (Å²) in [6.07, 6.45) is 4.33. The molecule has 41 heavy (non-hydrogen) atoms. The van der Waals surface area contributed by atoms with Crippen LogP contribution in [0.2, 0.25) is 0 Å². The highest BCUT2D eigenvalue weighted by molar-refractivity contribution is 8.15. The largest absolute Gasteiger partial charge is 0.379 e. The fraction of sp³-hybridized carbons (Fsp3) is 0.333. The first-order valence-electron chi connectivity index (χ1n) is 13.5. The third-order valence-electron chi connectivity index (χ3n) is 6.85. The van der Waals surface area contributed by atoms with E-state index in [9.17, 15) is 13.4 Å². The first-order chi connectivity index (χ1) is 19.9. The molecule has 1 N–H and O–H groups in total. The fourth-order valence-corrected chi connectivity index (χ4v) is 7.64. The summed E-state index contributed by atoms with van der Waals surface area (Å²) >= 11 is 0. The van der Waals surface area contributed by atoms with E-state index in [0.717, 1.165) is 77.2 Å². The number of ether oxygens (including phenoxy) is 1. The smallest absolute Gasteiger partial charge is 0.222 e. The molecule has 2 atom stereocenters. The second kappa shape index (κ2) is 13.6. The van der Waals surface area contributed by atoms with Crippen molar-refractivity contribution in [3.8, 4) is 0 Å². The predicted octanol–water partition coefficient (Wildman–Crippen LogP) is 4.26. The van der Waals surface area contributed by atoms with Gasteiger partial charge in [-0.3, -0.25) is 13.9 Å². The van der Waals surface area contributed by atoms with E-state index >= 15 is 0 Å². The Morgan fingerprint density at radius 2 is 1.80 bits per heavy atom. The molecule has 1 saturated heterocycles. The Bertz CT molecular complexity index is 1470. The summed E-state index contributed by atoms with van der Waals surface area (Å²) in [6, 6.07) is 18.0. The zero-order chi connectivity index (χ0) is 28.8. The number of carbonyl (C=O) groups excluding carboxylic acids is 1. The first kappa shape index (κ1) is 29.2. The van der Waals surface area contributed by atoms with Gasteiger partial charge in [0, 0.05) is 59.5 Å². The second-order valence-electron chi connectivity index (χ2n) is 9.88. The van der Waals surface area contributed by atoms with Crippen LogP contribution in [0.25, 0.3) is 0 Å². The lowest BCUT2D eigenvalue weighted by atomic mass is 10.0. The third-order valence-corrected chi connectivity index (χ3v) is 10.1. The molecule has 0 aliphatic carbocycles. The predicted molar refractivity (Wildman–Crippen MR) is 164 cm³/mol. The van der Waals surface area contributed by atoms with Crippen LogP contribution in [0.15, 0.2) is 76.9 Å². The van der Waals surface area contributed by atoms with E-state index in [0.29, 0.717) is 12.4 Å². The van der Waals surface area contributed by atoms with Crippen LogP contribution in [-0.4, -0.2) is 79.8 Å². The normalized spacial score (nSPS) is 18.3. The Labute approximate surface area is 245 Å². The van der Waals surface area contributed by atoms with Crippen molar-refractivity contribution in [2.24, 2.45) is 5.10 Å². The SMILES string of the molecule is CC(=O)Nc1cc(C2=S(CCCN3CCOCC3)N(Cc3ccc(S(C)=O)cc3)N=C2c2ccc(F)cc2)ccn1. The minimum absolute atomic E-state index is 0.193. The van der Waals surface area contributed by atoms with Gasteiger partial charge in [-0.1, -0.05) is 22.8 Å². The van der Waals surface area contributed by atoms with Gasteiger partial charge in [0.05, 0.1) is 24.6 Å². The van der Waals surface area contributed by atoms with Gasteiger partial charge in [-0.25, -0.2) is 13.8 Å². The molecule has 2 aliphatic rings. The molecular formula is C30H34FN5O3S2. The maximum atomic E-state index is 13.9. The van der Waals surface area contributed by atoms with Crippen molar-refractivity contribution in [1.29, 1.82) is 0 Å². The van der Waals surface area contributed by atoms with Crippen LogP contribution < -0.4 is 5.32 Å². The topological polar surface area (TPSA) is 87.1 Å². The maximum absolute atomic E-state index is 13.9. The van der Waals surface area contributed by atoms with Gasteiger partial charge in [-0.2, -0.15) is 5.10 Å². The molecule has 3 heterocycles. The van der Waals surface area contributed by atoms with Crippen LogP contribution in [-0.2, 0) is 26.9 Å². The first-order valence-corrected chi connectivity index (χ1v) is 16.4. The van der Waals surface area contributed by atoms with Crippen LogP contribution in [0.5, 0.6) is 0 Å². The number of aromatic nitrogens is 1. The van der Waals surface area contributed by atoms with Crippen LogP contribution in [0.4, 0.5) is 10.2 Å². The Morgan fingerprint density at radius 3 is 2.49 bits per heavy atom. The molecule has 2 aromatic carbocycles. The number of pyridine rings is 1. The molecule has 8 nitrogen and oxygen atoms in total. The minimum atomic E-state index is -1.05. The summed E-state index contributed by atoms with van der Waals surface area (Å²) in [5.41, 5.74) is 3.58. The molecule has 5 rings (SSSR count). The summed E-state index contributed by atoms with van der Waals surface area (Å²) in [4.78, 5) is 20.4. The molecule has 1 fully saturated rings. The molecule has 0 radical (unpaired) electrons. The Kier molecular flexibility index (Phi) is 9.71. The Balaban J connectivity index is 1.55. The van der Waals surface area contributed by atoms with Crippen LogP contribution in [0.3, 0.4) is 0 Å². The number of rotatable bonds is 10. The van der Waals surface area contributed by atoms with Gasteiger partial charge in [0.2, 0.25) is 5.91 Å². The zero-order valence-corrected chi connectivity index (χ0v) is 24.8. The quantitative estimate of drug-likeness (QED) is 0.353. The average molecular weight is 596 g/mol. The lowest BCUT2D eigenvalue weighted by Crippen LogP contribution is -2.37. The molecule has 11 heteroatoms. The Hall–Kier alpha value is -3.25. The van der Waals surface area contributed by atoms with Gasteiger partial charge in [0.25, 0.3) is 0 Å². The molecule has 2 aliphatic heterocycles. The highest BCUT2D eigenvalue weighted by Crippen LogP contribution is 2.36. The monoisotopic (exact) mass is 595 g/mol. The van der Waals surface area contributed by atoms with E-state index in [1.54, 1.807) is 24.6 Å². The number of hydrogen-bond donors (Lipinski definition) is 1. The van der Waals surface area contributed by atoms with E-state index in [2.05, 4.69) is 19.6 Å². The van der Waals surface area contributed by atoms with Crippen LogP contribution in [0.1, 0.15) is 30.0 Å². The van der Waals surface area contributed by atoms with Crippen molar-refractivity contribution >= 4 is 43.8 Å². The standard InChI is InChI=1S/C30H34FN5O3S2/c1-22(37)33-28-20-25(12-13-32-28)30-29(24-6-8-26(31)9-7-24)34-36(21-23-4-10-27(11-5-23)40(2)38)41(30)19-3-14-35-15-17-39-18-16-35/h4-13,20H,3,14-19,21H2,1-2H3,(H,32,33,37). The number of benzene rings is 2. The zero-order valence-electron chi connectivity index (χ0n) is 23.2. The van der Waals surface area contributed by atoms with Gasteiger partial charge in [-0.05, 0) is 72.6 Å². The van der Waals surface area contributed by atoms with Crippen molar-refractivity contribution in [3.63, 3.8) is 0 Å². The fourth-order valence-electron chi connectivity index (χ4n) is 4.83. The van der Waals surface area contributed by atoms with Gasteiger partial charge in [0.1, 0.15) is 17.3 Å². The van der Waals surface area contributed by atoms with E-state index in [4.69, 9.17) is 9.84 Å². The van der Waals surface area contributed by atoms with Gasteiger partial charge in [0.15, 0.2) is 0 Å². The molecule has 1 aromatic heterocycles. The number of anilines is 1. The number of halogens is 1. The van der Waals surface area contributed by atoms with Crippen molar-refractivity contribution in [2.75, 3.05) is 50.2 Å². The molecule has 3 aromatic rings. The molecule has 216 valence electrons. The Morgan fingerprint density at radius 1 is 1.07 bits per heavy atom. The van der Waals surface area contributed by atoms with Crippen molar-refractivity contribution in [2.45, 2.75) is 24.8 Å². The van der Waals surface area contributed by atoms with E-state index in [1.165, 1.54) is 19.1 Å².